The van der Waals surface area contributed by atoms with Crippen molar-refractivity contribution in [2.75, 3.05) is 5.75 Å². The van der Waals surface area contributed by atoms with Crippen LogP contribution < -0.4 is 0 Å². The molecule has 3 atom stereocenters. The van der Waals surface area contributed by atoms with Crippen molar-refractivity contribution in [3.63, 3.8) is 0 Å². The fourth-order valence-electron chi connectivity index (χ4n) is 3.52. The Morgan fingerprint density at radius 1 is 0.824 bits per heavy atom. The Morgan fingerprint density at radius 2 is 1.65 bits per heavy atom. The lowest BCUT2D eigenvalue weighted by molar-refractivity contribution is 0.422. The molecule has 2 fully saturated rings. The van der Waals surface area contributed by atoms with E-state index < -0.39 is 0 Å². The van der Waals surface area contributed by atoms with Gasteiger partial charge in [-0.2, -0.15) is 0 Å². The van der Waals surface area contributed by atoms with E-state index in [1.807, 2.05) is 0 Å². The highest BCUT2D eigenvalue weighted by molar-refractivity contribution is 7.97. The van der Waals surface area contributed by atoms with Crippen molar-refractivity contribution in [1.29, 1.82) is 0 Å². The van der Waals surface area contributed by atoms with Gasteiger partial charge < -0.3 is 0 Å². The highest BCUT2D eigenvalue weighted by Gasteiger charge is 2.36. The van der Waals surface area contributed by atoms with Crippen LogP contribution in [0.2, 0.25) is 0 Å². The van der Waals surface area contributed by atoms with E-state index in [4.69, 9.17) is 0 Å². The summed E-state index contributed by atoms with van der Waals surface area (Å²) in [6.45, 7) is 0. The van der Waals surface area contributed by atoms with Gasteiger partial charge in [0.15, 0.2) is 4.90 Å². The average molecular weight is 247 g/mol. The van der Waals surface area contributed by atoms with E-state index in [1.165, 1.54) is 50.7 Å². The van der Waals surface area contributed by atoms with E-state index in [2.05, 4.69) is 30.3 Å². The Hall–Kier alpha value is -0.430. The molecule has 1 heterocycles. The van der Waals surface area contributed by atoms with Gasteiger partial charge in [0.25, 0.3) is 0 Å². The Morgan fingerprint density at radius 3 is 2.53 bits per heavy atom. The van der Waals surface area contributed by atoms with Gasteiger partial charge in [-0.25, -0.2) is 0 Å². The van der Waals surface area contributed by atoms with Gasteiger partial charge in [-0.1, -0.05) is 24.6 Å². The average Bonchev–Trinajstić information content (AvgIpc) is 2.53. The summed E-state index contributed by atoms with van der Waals surface area (Å²) in [5, 5.41) is 1.00. The van der Waals surface area contributed by atoms with Crippen molar-refractivity contribution in [3.05, 3.63) is 30.3 Å². The summed E-state index contributed by atoms with van der Waals surface area (Å²) in [4.78, 5) is 1.64. The molecule has 0 nitrogen and oxygen atoms in total. The summed E-state index contributed by atoms with van der Waals surface area (Å²) < 4.78 is 0. The van der Waals surface area contributed by atoms with Crippen LogP contribution in [0.1, 0.15) is 44.9 Å². The molecule has 1 heteroatoms. The molecule has 0 amide bonds. The van der Waals surface area contributed by atoms with E-state index in [9.17, 15) is 0 Å². The Kier molecular flexibility index (Phi) is 3.75. The van der Waals surface area contributed by atoms with Gasteiger partial charge in [0.05, 0.1) is 0 Å². The summed E-state index contributed by atoms with van der Waals surface area (Å²) >= 11 is 0. The van der Waals surface area contributed by atoms with Crippen LogP contribution in [0.25, 0.3) is 0 Å². The van der Waals surface area contributed by atoms with E-state index in [0.717, 1.165) is 11.2 Å². The summed E-state index contributed by atoms with van der Waals surface area (Å²) in [5.74, 6) is 2.53. The molecular formula is C16H23S+. The zero-order chi connectivity index (χ0) is 11.5. The largest absolute Gasteiger partial charge is 0.155 e. The molecule has 2 bridgehead atoms. The molecule has 0 aromatic heterocycles. The van der Waals surface area contributed by atoms with Crippen LogP contribution in [-0.4, -0.2) is 11.0 Å². The van der Waals surface area contributed by atoms with E-state index >= 15 is 0 Å². The lowest BCUT2D eigenvalue weighted by Crippen LogP contribution is -2.26. The number of rotatable bonds is 1. The van der Waals surface area contributed by atoms with Crippen molar-refractivity contribution in [2.24, 2.45) is 5.92 Å². The lowest BCUT2D eigenvalue weighted by Gasteiger charge is -2.21. The standard InChI is InChI=1S/C16H23S/c1-2-8-15(9-3-1)17-13-5-7-14-6-4-10-16(17)12-11-14/h1-3,8-9,14,16H,4-7,10-13H2/q+1. The molecule has 92 valence electrons. The first-order valence-electron chi connectivity index (χ1n) is 7.18. The van der Waals surface area contributed by atoms with Crippen molar-refractivity contribution >= 4 is 10.9 Å². The second kappa shape index (κ2) is 5.48. The molecule has 0 radical (unpaired) electrons. The van der Waals surface area contributed by atoms with Crippen molar-refractivity contribution in [2.45, 2.75) is 55.1 Å². The predicted octanol–water partition coefficient (Wildman–Crippen LogP) is 4.41. The maximum absolute atomic E-state index is 2.37. The van der Waals surface area contributed by atoms with Crippen LogP contribution in [0.15, 0.2) is 35.2 Å². The second-order valence-electron chi connectivity index (χ2n) is 5.58. The third-order valence-corrected chi connectivity index (χ3v) is 7.34. The first kappa shape index (κ1) is 11.6. The van der Waals surface area contributed by atoms with Crippen molar-refractivity contribution in [3.8, 4) is 0 Å². The molecule has 1 saturated heterocycles. The molecule has 1 aromatic rings. The summed E-state index contributed by atoms with van der Waals surface area (Å²) in [5.41, 5.74) is 0. The van der Waals surface area contributed by atoms with Gasteiger partial charge in [0.1, 0.15) is 11.0 Å². The number of fused-ring (bicyclic) bond motifs is 3. The monoisotopic (exact) mass is 247 g/mol. The Labute approximate surface area is 108 Å². The fraction of sp³-hybridized carbons (Fsp3) is 0.625. The van der Waals surface area contributed by atoms with Crippen molar-refractivity contribution in [1.82, 2.24) is 0 Å². The van der Waals surface area contributed by atoms with Crippen LogP contribution in [0.4, 0.5) is 0 Å². The molecule has 2 aliphatic rings. The van der Waals surface area contributed by atoms with Crippen LogP contribution in [-0.2, 0) is 10.9 Å². The molecule has 1 aromatic carbocycles. The van der Waals surface area contributed by atoms with Crippen LogP contribution in [0.5, 0.6) is 0 Å². The Balaban J connectivity index is 1.83. The maximum Gasteiger partial charge on any atom is 0.155 e. The van der Waals surface area contributed by atoms with Gasteiger partial charge in [0, 0.05) is 10.9 Å². The van der Waals surface area contributed by atoms with E-state index in [-0.39, 0.29) is 0 Å². The predicted molar refractivity (Wildman–Crippen MR) is 76.5 cm³/mol. The topological polar surface area (TPSA) is 0 Å². The van der Waals surface area contributed by atoms with Gasteiger partial charge in [-0.3, -0.25) is 0 Å². The highest BCUT2D eigenvalue weighted by Crippen LogP contribution is 2.36. The van der Waals surface area contributed by atoms with Gasteiger partial charge in [-0.05, 0) is 56.6 Å². The fourth-order valence-corrected chi connectivity index (χ4v) is 6.33. The minimum atomic E-state index is 0.552. The maximum atomic E-state index is 2.37. The molecule has 17 heavy (non-hydrogen) atoms. The second-order valence-corrected chi connectivity index (χ2v) is 7.99. The summed E-state index contributed by atoms with van der Waals surface area (Å²) in [6.07, 6.45) is 10.5. The number of hydrogen-bond acceptors (Lipinski definition) is 0. The summed E-state index contributed by atoms with van der Waals surface area (Å²) in [6, 6.07) is 11.3. The smallest absolute Gasteiger partial charge is 0.0619 e. The normalized spacial score (nSPS) is 33.8. The molecule has 0 N–H and O–H groups in total. The SMILES string of the molecule is c1ccc([S+]2CCCC3CCCC2CC3)cc1. The zero-order valence-electron chi connectivity index (χ0n) is 10.6. The molecule has 3 unspecified atom stereocenters. The lowest BCUT2D eigenvalue weighted by atomic mass is 9.95. The summed E-state index contributed by atoms with van der Waals surface area (Å²) in [7, 11) is 0.552. The quantitative estimate of drug-likeness (QED) is 0.645. The van der Waals surface area contributed by atoms with Gasteiger partial charge in [-0.15, -0.1) is 0 Å². The molecule has 1 saturated carbocycles. The van der Waals surface area contributed by atoms with Gasteiger partial charge >= 0.3 is 0 Å². The minimum absolute atomic E-state index is 0.552. The van der Waals surface area contributed by atoms with Gasteiger partial charge in [0.2, 0.25) is 0 Å². The first-order chi connectivity index (χ1) is 8.43. The van der Waals surface area contributed by atoms with Crippen molar-refractivity contribution < 1.29 is 0 Å². The molecular weight excluding hydrogens is 224 g/mol. The van der Waals surface area contributed by atoms with Crippen LogP contribution >= 0.6 is 0 Å². The number of benzene rings is 1. The molecule has 1 aliphatic heterocycles. The molecule has 0 spiro atoms. The van der Waals surface area contributed by atoms with Crippen LogP contribution in [0.3, 0.4) is 0 Å². The third kappa shape index (κ3) is 2.70. The van der Waals surface area contributed by atoms with E-state index in [1.54, 1.807) is 4.90 Å². The Bertz CT molecular complexity index is 346. The van der Waals surface area contributed by atoms with Crippen LogP contribution in [0, 0.1) is 5.92 Å². The molecule has 1 aliphatic carbocycles. The minimum Gasteiger partial charge on any atom is -0.0619 e. The number of hydrogen-bond donors (Lipinski definition) is 0. The highest BCUT2D eigenvalue weighted by atomic mass is 32.2. The first-order valence-corrected chi connectivity index (χ1v) is 8.64. The van der Waals surface area contributed by atoms with E-state index in [0.29, 0.717) is 10.9 Å². The third-order valence-electron chi connectivity index (χ3n) is 4.46. The zero-order valence-corrected chi connectivity index (χ0v) is 11.4. The molecule has 3 rings (SSSR count).